The third kappa shape index (κ3) is 10.7. The molecule has 0 heterocycles. The molecule has 0 rings (SSSR count). The van der Waals surface area contributed by atoms with Crippen LogP contribution in [0.4, 0.5) is 0 Å². The molecular formula is C24H50O4Sn4. The van der Waals surface area contributed by atoms with Crippen LogP contribution in [0.15, 0.2) is 14.4 Å². The Hall–Kier alpha value is 1.61. The van der Waals surface area contributed by atoms with Gasteiger partial charge in [-0.05, 0) is 0 Å². The molecule has 0 radical (unpaired) electrons. The Morgan fingerprint density at radius 3 is 0.906 bits per heavy atom. The molecule has 0 amide bonds. The van der Waals surface area contributed by atoms with Gasteiger partial charge in [0.25, 0.3) is 0 Å². The Bertz CT molecular complexity index is 676. The fourth-order valence-electron chi connectivity index (χ4n) is 4.32. The maximum absolute atomic E-state index is 12.8. The number of hydrogen-bond donors (Lipinski definition) is 0. The summed E-state index contributed by atoms with van der Waals surface area (Å²) >= 11 is -10.2. The summed E-state index contributed by atoms with van der Waals surface area (Å²) in [5.74, 6) is -0.146. The van der Waals surface area contributed by atoms with Crippen LogP contribution in [0.5, 0.6) is 0 Å². The van der Waals surface area contributed by atoms with Crippen molar-refractivity contribution in [3.8, 4) is 0 Å². The second-order valence-corrected chi connectivity index (χ2v) is 70.6. The SMILES string of the molecule is COC(=O)/[C](=[C](\CCCC/[C](=[C](\C(=O)OC)[Sn]([CH3])([CH3])[CH3])[Sn]([CH3])([CH3])[CH3])[Sn]([CH3])([CH3])[CH3])[Sn]([CH3])([CH3])[CH3]. The van der Waals surface area contributed by atoms with Crippen molar-refractivity contribution >= 4 is 85.4 Å². The van der Waals surface area contributed by atoms with Crippen molar-refractivity contribution in [2.75, 3.05) is 14.2 Å². The van der Waals surface area contributed by atoms with Gasteiger partial charge in [0.15, 0.2) is 0 Å². The summed E-state index contributed by atoms with van der Waals surface area (Å²) < 4.78 is 15.7. The van der Waals surface area contributed by atoms with E-state index < -0.39 is 73.5 Å². The second kappa shape index (κ2) is 13.2. The summed E-state index contributed by atoms with van der Waals surface area (Å²) in [6.45, 7) is 0. The zero-order valence-corrected chi connectivity index (χ0v) is 34.9. The Labute approximate surface area is 215 Å². The first-order valence-corrected chi connectivity index (χ1v) is 51.8. The molecule has 4 nitrogen and oxygen atoms in total. The van der Waals surface area contributed by atoms with Crippen molar-refractivity contribution in [2.45, 2.75) is 85.0 Å². The zero-order valence-electron chi connectivity index (χ0n) is 23.5. The molecule has 8 heteroatoms. The van der Waals surface area contributed by atoms with Gasteiger partial charge in [0.1, 0.15) is 0 Å². The van der Waals surface area contributed by atoms with E-state index in [1.54, 1.807) is 0 Å². The molecule has 0 N–H and O–H groups in total. The molecule has 0 aromatic heterocycles. The van der Waals surface area contributed by atoms with Crippen LogP contribution in [-0.4, -0.2) is 99.7 Å². The summed E-state index contributed by atoms with van der Waals surface area (Å²) in [6.07, 6.45) is 4.17. The number of carbonyl (C=O) groups excluding carboxylic acids is 2. The fraction of sp³-hybridized carbons (Fsp3) is 0.750. The van der Waals surface area contributed by atoms with Gasteiger partial charge in [-0.1, -0.05) is 0 Å². The third-order valence-electron chi connectivity index (χ3n) is 5.80. The first-order chi connectivity index (χ1) is 14.2. The number of carbonyl (C=O) groups is 2. The molecule has 0 aliphatic rings. The third-order valence-corrected chi connectivity index (χ3v) is 34.5. The average molecular weight is 878 g/mol. The molecule has 0 saturated carbocycles. The van der Waals surface area contributed by atoms with Gasteiger partial charge in [0, 0.05) is 0 Å². The molecule has 0 unspecified atom stereocenters. The monoisotopic (exact) mass is 882 g/mol. The number of allylic oxidation sites excluding steroid dienone is 2. The van der Waals surface area contributed by atoms with Crippen LogP contribution in [-0.2, 0) is 19.1 Å². The number of unbranched alkanes of at least 4 members (excludes halogenated alkanes) is 1. The Kier molecular flexibility index (Phi) is 13.9. The maximum atomic E-state index is 12.8. The second-order valence-electron chi connectivity index (χ2n) is 12.9. The molecule has 32 heavy (non-hydrogen) atoms. The molecule has 0 aliphatic carbocycles. The minimum atomic E-state index is -2.63. The van der Waals surface area contributed by atoms with Gasteiger partial charge in [-0.25, -0.2) is 0 Å². The van der Waals surface area contributed by atoms with E-state index in [1.165, 1.54) is 21.4 Å². The van der Waals surface area contributed by atoms with Gasteiger partial charge in [0.2, 0.25) is 0 Å². The topological polar surface area (TPSA) is 52.6 Å². The van der Waals surface area contributed by atoms with Gasteiger partial charge in [0.05, 0.1) is 0 Å². The van der Waals surface area contributed by atoms with E-state index in [0.717, 1.165) is 32.9 Å². The molecular weight excluding hydrogens is 827 g/mol. The fourth-order valence-corrected chi connectivity index (χ4v) is 53.2. The van der Waals surface area contributed by atoms with Crippen LogP contribution in [0, 0.1) is 0 Å². The molecule has 186 valence electrons. The Morgan fingerprint density at radius 1 is 0.500 bits per heavy atom. The number of ether oxygens (including phenoxy) is 2. The molecule has 0 fully saturated rings. The molecule has 0 aromatic carbocycles. The molecule has 0 bridgehead atoms. The predicted octanol–water partition coefficient (Wildman–Crippen LogP) is 7.00. The summed E-state index contributed by atoms with van der Waals surface area (Å²) in [5, 5.41) is 0. The van der Waals surface area contributed by atoms with E-state index in [2.05, 4.69) is 59.3 Å². The van der Waals surface area contributed by atoms with Crippen molar-refractivity contribution in [3.63, 3.8) is 0 Å². The van der Waals surface area contributed by atoms with E-state index in [1.807, 2.05) is 0 Å². The summed E-state index contributed by atoms with van der Waals surface area (Å²) in [7, 11) is 3.05. The van der Waals surface area contributed by atoms with E-state index in [-0.39, 0.29) is 11.9 Å². The molecule has 0 aromatic rings. The minimum absolute atomic E-state index is 0.0730. The number of hydrogen-bond acceptors (Lipinski definition) is 4. The van der Waals surface area contributed by atoms with Crippen LogP contribution in [0.3, 0.4) is 0 Å². The van der Waals surface area contributed by atoms with Gasteiger partial charge < -0.3 is 0 Å². The Morgan fingerprint density at radius 2 is 0.750 bits per heavy atom. The zero-order chi connectivity index (χ0) is 25.7. The van der Waals surface area contributed by atoms with Crippen molar-refractivity contribution in [1.82, 2.24) is 0 Å². The summed E-state index contributed by atoms with van der Waals surface area (Å²) in [4.78, 5) is 54.1. The van der Waals surface area contributed by atoms with E-state index in [0.29, 0.717) is 0 Å². The Balaban J connectivity index is 6.08. The van der Waals surface area contributed by atoms with Gasteiger partial charge in [-0.2, -0.15) is 0 Å². The number of esters is 2. The van der Waals surface area contributed by atoms with E-state index in [9.17, 15) is 9.59 Å². The molecule has 0 atom stereocenters. The summed E-state index contributed by atoms with van der Waals surface area (Å²) in [6, 6.07) is 0. The molecule has 0 saturated heterocycles. The van der Waals surface area contributed by atoms with Crippen LogP contribution in [0.1, 0.15) is 25.7 Å². The average Bonchev–Trinajstić information content (AvgIpc) is 2.57. The summed E-state index contributed by atoms with van der Waals surface area (Å²) in [5.41, 5.74) is 0. The van der Waals surface area contributed by atoms with Crippen LogP contribution in [0.25, 0.3) is 0 Å². The van der Waals surface area contributed by atoms with E-state index in [4.69, 9.17) is 9.47 Å². The number of rotatable bonds is 11. The van der Waals surface area contributed by atoms with Crippen molar-refractivity contribution in [1.29, 1.82) is 0 Å². The van der Waals surface area contributed by atoms with Crippen molar-refractivity contribution in [3.05, 3.63) is 14.4 Å². The van der Waals surface area contributed by atoms with Crippen LogP contribution >= 0.6 is 0 Å². The molecule has 0 aliphatic heterocycles. The predicted molar refractivity (Wildman–Crippen MR) is 150 cm³/mol. The number of methoxy groups -OCH3 is 2. The van der Waals surface area contributed by atoms with Crippen molar-refractivity contribution < 1.29 is 19.1 Å². The van der Waals surface area contributed by atoms with Gasteiger partial charge in [-0.15, -0.1) is 0 Å². The van der Waals surface area contributed by atoms with Crippen molar-refractivity contribution in [2.24, 2.45) is 0 Å². The van der Waals surface area contributed by atoms with Crippen LogP contribution in [0.2, 0.25) is 59.3 Å². The normalized spacial score (nSPS) is 15.1. The van der Waals surface area contributed by atoms with E-state index >= 15 is 0 Å². The molecule has 0 spiro atoms. The first kappa shape index (κ1) is 33.6. The van der Waals surface area contributed by atoms with Crippen LogP contribution < -0.4 is 0 Å². The standard InChI is InChI=1S/C12H14O4.12CH3.4Sn/c1-15-11(13)9-7-5-3-4-6-8-10-12(14)16-2;;;;;;;;;;;;;;;;/h3-6H2,1-2H3;12*1H3;;;;. The quantitative estimate of drug-likeness (QED) is 0.0973. The first-order valence-electron chi connectivity index (χ1n) is 11.8. The van der Waals surface area contributed by atoms with Gasteiger partial charge in [-0.3, -0.25) is 0 Å². The van der Waals surface area contributed by atoms with Gasteiger partial charge >= 0.3 is 218 Å².